The summed E-state index contributed by atoms with van der Waals surface area (Å²) in [4.78, 5) is 6.97. The lowest BCUT2D eigenvalue weighted by atomic mass is 9.82. The van der Waals surface area contributed by atoms with Crippen LogP contribution in [-0.2, 0) is 19.3 Å². The van der Waals surface area contributed by atoms with Gasteiger partial charge < -0.3 is 9.84 Å². The van der Waals surface area contributed by atoms with E-state index in [9.17, 15) is 0 Å². The van der Waals surface area contributed by atoms with Gasteiger partial charge in [-0.15, -0.1) is 12.4 Å². The number of fused-ring (bicyclic) bond motifs is 1. The van der Waals surface area contributed by atoms with E-state index in [1.165, 1.54) is 17.5 Å². The number of halogens is 1. The second kappa shape index (κ2) is 7.64. The predicted molar refractivity (Wildman–Crippen MR) is 95.4 cm³/mol. The molecule has 5 nitrogen and oxygen atoms in total. The minimum Gasteiger partial charge on any atom is -0.339 e. The molecule has 2 heterocycles. The first-order valence-electron chi connectivity index (χ1n) is 8.60. The van der Waals surface area contributed by atoms with Gasteiger partial charge in [-0.2, -0.15) is 4.98 Å². The molecule has 0 radical (unpaired) electrons. The SMILES string of the molecule is CN1CCNCC1c1noc(CC2CCc3ccccc3C2)n1.Cl. The molecule has 0 amide bonds. The Morgan fingerprint density at radius 3 is 2.96 bits per heavy atom. The van der Waals surface area contributed by atoms with Crippen LogP contribution in [0.25, 0.3) is 0 Å². The topological polar surface area (TPSA) is 54.2 Å². The van der Waals surface area contributed by atoms with Gasteiger partial charge in [0.1, 0.15) is 0 Å². The smallest absolute Gasteiger partial charge is 0.226 e. The van der Waals surface area contributed by atoms with Crippen molar-refractivity contribution in [2.75, 3.05) is 26.7 Å². The van der Waals surface area contributed by atoms with Crippen LogP contribution in [0.3, 0.4) is 0 Å². The zero-order valence-corrected chi connectivity index (χ0v) is 14.9. The molecule has 2 aromatic rings. The summed E-state index contributed by atoms with van der Waals surface area (Å²) in [5.41, 5.74) is 2.99. The van der Waals surface area contributed by atoms with E-state index < -0.39 is 0 Å². The van der Waals surface area contributed by atoms with Crippen molar-refractivity contribution in [3.05, 3.63) is 47.1 Å². The number of nitrogens with one attached hydrogen (secondary N) is 1. The minimum absolute atomic E-state index is 0. The van der Waals surface area contributed by atoms with Gasteiger partial charge in [0.2, 0.25) is 5.89 Å². The highest BCUT2D eigenvalue weighted by Crippen LogP contribution is 2.28. The molecule has 24 heavy (non-hydrogen) atoms. The molecule has 6 heteroatoms. The van der Waals surface area contributed by atoms with Gasteiger partial charge in [-0.3, -0.25) is 4.90 Å². The third-order valence-electron chi connectivity index (χ3n) is 5.21. The van der Waals surface area contributed by atoms with Crippen LogP contribution in [0, 0.1) is 5.92 Å². The lowest BCUT2D eigenvalue weighted by Gasteiger charge is -2.30. The number of rotatable bonds is 3. The zero-order valence-electron chi connectivity index (χ0n) is 14.1. The summed E-state index contributed by atoms with van der Waals surface area (Å²) in [5, 5.41) is 7.63. The average Bonchev–Trinajstić information content (AvgIpc) is 3.03. The number of aryl methyl sites for hydroxylation is 1. The first kappa shape index (κ1) is 17.4. The highest BCUT2D eigenvalue weighted by molar-refractivity contribution is 5.85. The third-order valence-corrected chi connectivity index (χ3v) is 5.21. The van der Waals surface area contributed by atoms with Crippen molar-refractivity contribution < 1.29 is 4.52 Å². The zero-order chi connectivity index (χ0) is 15.6. The van der Waals surface area contributed by atoms with Crippen LogP contribution in [0.1, 0.15) is 35.3 Å². The van der Waals surface area contributed by atoms with Gasteiger partial charge >= 0.3 is 0 Å². The Hall–Kier alpha value is -1.43. The molecule has 2 unspecified atom stereocenters. The number of nitrogens with zero attached hydrogens (tertiary/aromatic N) is 3. The van der Waals surface area contributed by atoms with Gasteiger partial charge in [0.15, 0.2) is 5.82 Å². The standard InChI is InChI=1S/C18H24N4O.ClH/c1-22-9-8-19-12-16(22)18-20-17(23-21-18)11-13-6-7-14-4-2-3-5-15(14)10-13;/h2-5,13,16,19H,6-12H2,1H3;1H. The summed E-state index contributed by atoms with van der Waals surface area (Å²) in [7, 11) is 2.12. The molecule has 1 N–H and O–H groups in total. The average molecular weight is 349 g/mol. The van der Waals surface area contributed by atoms with Crippen LogP contribution in [-0.4, -0.2) is 41.7 Å². The van der Waals surface area contributed by atoms with E-state index in [4.69, 9.17) is 4.52 Å². The van der Waals surface area contributed by atoms with Crippen LogP contribution in [0.2, 0.25) is 0 Å². The summed E-state index contributed by atoms with van der Waals surface area (Å²) in [6, 6.07) is 9.01. The maximum atomic E-state index is 5.54. The van der Waals surface area contributed by atoms with E-state index in [0.717, 1.165) is 50.6 Å². The van der Waals surface area contributed by atoms with Gasteiger partial charge in [-0.05, 0) is 43.4 Å². The van der Waals surface area contributed by atoms with Crippen molar-refractivity contribution in [1.82, 2.24) is 20.4 Å². The fourth-order valence-electron chi connectivity index (χ4n) is 3.77. The van der Waals surface area contributed by atoms with E-state index >= 15 is 0 Å². The first-order chi connectivity index (χ1) is 11.3. The Kier molecular flexibility index (Phi) is 5.54. The Labute approximate surface area is 149 Å². The van der Waals surface area contributed by atoms with Crippen molar-refractivity contribution >= 4 is 12.4 Å². The molecule has 1 aromatic carbocycles. The molecule has 2 aliphatic rings. The van der Waals surface area contributed by atoms with Gasteiger partial charge in [-0.25, -0.2) is 0 Å². The maximum absolute atomic E-state index is 5.54. The van der Waals surface area contributed by atoms with Crippen molar-refractivity contribution in [2.45, 2.75) is 31.7 Å². The molecule has 0 spiro atoms. The van der Waals surface area contributed by atoms with Gasteiger partial charge in [0.05, 0.1) is 6.04 Å². The van der Waals surface area contributed by atoms with Gasteiger partial charge in [0, 0.05) is 26.1 Å². The van der Waals surface area contributed by atoms with Gasteiger partial charge in [0.25, 0.3) is 0 Å². The highest BCUT2D eigenvalue weighted by atomic mass is 35.5. The summed E-state index contributed by atoms with van der Waals surface area (Å²) < 4.78 is 5.54. The molecular weight excluding hydrogens is 324 g/mol. The minimum atomic E-state index is 0. The van der Waals surface area contributed by atoms with E-state index in [0.29, 0.717) is 5.92 Å². The number of hydrogen-bond acceptors (Lipinski definition) is 5. The monoisotopic (exact) mass is 348 g/mol. The Bertz CT molecular complexity index is 675. The molecule has 1 aromatic heterocycles. The summed E-state index contributed by atoms with van der Waals surface area (Å²) in [5.74, 6) is 2.23. The Balaban J connectivity index is 0.00000169. The number of benzene rings is 1. The molecular formula is C18H25ClN4O. The molecule has 4 rings (SSSR count). The van der Waals surface area contributed by atoms with E-state index in [1.807, 2.05) is 0 Å². The lowest BCUT2D eigenvalue weighted by Crippen LogP contribution is -2.44. The highest BCUT2D eigenvalue weighted by Gasteiger charge is 2.26. The van der Waals surface area contributed by atoms with Crippen LogP contribution >= 0.6 is 12.4 Å². The fourth-order valence-corrected chi connectivity index (χ4v) is 3.77. The maximum Gasteiger partial charge on any atom is 0.226 e. The molecule has 0 bridgehead atoms. The van der Waals surface area contributed by atoms with Gasteiger partial charge in [-0.1, -0.05) is 29.4 Å². The molecule has 1 aliphatic carbocycles. The fraction of sp³-hybridized carbons (Fsp3) is 0.556. The molecule has 2 atom stereocenters. The molecule has 130 valence electrons. The van der Waals surface area contributed by atoms with Crippen molar-refractivity contribution in [2.24, 2.45) is 5.92 Å². The van der Waals surface area contributed by atoms with Crippen LogP contribution < -0.4 is 5.32 Å². The third kappa shape index (κ3) is 3.63. The van der Waals surface area contributed by atoms with Crippen molar-refractivity contribution in [3.63, 3.8) is 0 Å². The number of hydrogen-bond donors (Lipinski definition) is 1. The molecule has 0 saturated carbocycles. The summed E-state index contributed by atoms with van der Waals surface area (Å²) >= 11 is 0. The van der Waals surface area contributed by atoms with Crippen LogP contribution in [0.15, 0.2) is 28.8 Å². The summed E-state index contributed by atoms with van der Waals surface area (Å²) in [6.07, 6.45) is 4.39. The van der Waals surface area contributed by atoms with Crippen molar-refractivity contribution in [3.8, 4) is 0 Å². The van der Waals surface area contributed by atoms with Crippen LogP contribution in [0.4, 0.5) is 0 Å². The predicted octanol–water partition coefficient (Wildman–Crippen LogP) is 2.42. The number of piperazine rings is 1. The number of likely N-dealkylation sites (N-methyl/N-ethyl adjacent to an activating group) is 1. The summed E-state index contributed by atoms with van der Waals surface area (Å²) in [6.45, 7) is 2.94. The Morgan fingerprint density at radius 2 is 2.12 bits per heavy atom. The number of aromatic nitrogens is 2. The first-order valence-corrected chi connectivity index (χ1v) is 8.60. The van der Waals surface area contributed by atoms with E-state index in [2.05, 4.69) is 51.7 Å². The molecule has 1 fully saturated rings. The van der Waals surface area contributed by atoms with Crippen molar-refractivity contribution in [1.29, 1.82) is 0 Å². The molecule has 1 aliphatic heterocycles. The normalized spacial score (nSPS) is 24.2. The molecule has 1 saturated heterocycles. The van der Waals surface area contributed by atoms with E-state index in [1.54, 1.807) is 0 Å². The Morgan fingerprint density at radius 1 is 1.29 bits per heavy atom. The second-order valence-electron chi connectivity index (χ2n) is 6.83. The second-order valence-corrected chi connectivity index (χ2v) is 6.83. The lowest BCUT2D eigenvalue weighted by molar-refractivity contribution is 0.190. The largest absolute Gasteiger partial charge is 0.339 e. The van der Waals surface area contributed by atoms with E-state index in [-0.39, 0.29) is 18.4 Å². The quantitative estimate of drug-likeness (QED) is 0.923. The van der Waals surface area contributed by atoms with Crippen LogP contribution in [0.5, 0.6) is 0 Å².